The highest BCUT2D eigenvalue weighted by atomic mass is 79.9. The molecule has 0 bridgehead atoms. The lowest BCUT2D eigenvalue weighted by Crippen LogP contribution is -2.17. The molecule has 118 valence electrons. The molecule has 0 fully saturated rings. The molecule has 2 aromatic rings. The highest BCUT2D eigenvalue weighted by molar-refractivity contribution is 9.10. The van der Waals surface area contributed by atoms with Gasteiger partial charge in [0.2, 0.25) is 5.91 Å². The second kappa shape index (κ2) is 8.19. The Morgan fingerprint density at radius 3 is 2.70 bits per heavy atom. The maximum Gasteiger partial charge on any atom is 0.284 e. The number of hydrazone groups is 1. The van der Waals surface area contributed by atoms with Crippen LogP contribution in [-0.4, -0.2) is 17.0 Å². The van der Waals surface area contributed by atoms with Gasteiger partial charge in [-0.25, -0.2) is 5.43 Å². The van der Waals surface area contributed by atoms with Crippen LogP contribution in [0.15, 0.2) is 58.1 Å². The number of rotatable bonds is 6. The van der Waals surface area contributed by atoms with Gasteiger partial charge in [0.25, 0.3) is 5.69 Å². The fraction of sp³-hybridized carbons (Fsp3) is 0.125. The predicted molar refractivity (Wildman–Crippen MR) is 91.3 cm³/mol. The molecule has 0 radical (unpaired) electrons. The van der Waals surface area contributed by atoms with Gasteiger partial charge in [-0.15, -0.1) is 0 Å². The molecule has 2 rings (SSSR count). The number of hydrogen-bond acceptors (Lipinski definition) is 4. The number of halogens is 1. The topological polar surface area (TPSA) is 84.6 Å². The Morgan fingerprint density at radius 1 is 1.26 bits per heavy atom. The average Bonchev–Trinajstić information content (AvgIpc) is 2.55. The van der Waals surface area contributed by atoms with Crippen LogP contribution in [-0.2, 0) is 11.2 Å². The van der Waals surface area contributed by atoms with Crippen molar-refractivity contribution in [2.75, 3.05) is 0 Å². The largest absolute Gasteiger partial charge is 0.284 e. The van der Waals surface area contributed by atoms with Crippen molar-refractivity contribution in [3.05, 3.63) is 74.2 Å². The minimum absolute atomic E-state index is 0.0515. The van der Waals surface area contributed by atoms with Gasteiger partial charge in [0.15, 0.2) is 0 Å². The van der Waals surface area contributed by atoms with E-state index in [1.54, 1.807) is 12.1 Å². The quantitative estimate of drug-likeness (QED) is 0.476. The van der Waals surface area contributed by atoms with Gasteiger partial charge in [0.1, 0.15) is 0 Å². The molecule has 0 atom stereocenters. The maximum atomic E-state index is 11.7. The molecule has 0 aromatic heterocycles. The number of carbonyl (C=O) groups excluding carboxylic acids is 1. The number of nitrogens with zero attached hydrogens (tertiary/aromatic N) is 2. The number of nitro benzene ring substituents is 1. The first kappa shape index (κ1) is 16.8. The van der Waals surface area contributed by atoms with Crippen LogP contribution in [0.2, 0.25) is 0 Å². The monoisotopic (exact) mass is 375 g/mol. The molecular formula is C16H14BrN3O3. The first-order valence-electron chi connectivity index (χ1n) is 6.86. The minimum Gasteiger partial charge on any atom is -0.273 e. The zero-order chi connectivity index (χ0) is 16.7. The van der Waals surface area contributed by atoms with Gasteiger partial charge >= 0.3 is 0 Å². The SMILES string of the molecule is O=C(CCc1ccccc1)N/N=C/c1ccc(Br)c([N+](=O)[O-])c1. The predicted octanol–water partition coefficient (Wildman–Crippen LogP) is 3.44. The lowest BCUT2D eigenvalue weighted by molar-refractivity contribution is -0.385. The van der Waals surface area contributed by atoms with E-state index < -0.39 is 4.92 Å². The van der Waals surface area contributed by atoms with Crippen molar-refractivity contribution in [2.24, 2.45) is 5.10 Å². The molecule has 2 aromatic carbocycles. The summed E-state index contributed by atoms with van der Waals surface area (Å²) in [6, 6.07) is 14.3. The lowest BCUT2D eigenvalue weighted by atomic mass is 10.1. The van der Waals surface area contributed by atoms with E-state index in [4.69, 9.17) is 0 Å². The molecule has 23 heavy (non-hydrogen) atoms. The van der Waals surface area contributed by atoms with Crippen molar-refractivity contribution in [3.63, 3.8) is 0 Å². The van der Waals surface area contributed by atoms with Crippen LogP contribution in [0.25, 0.3) is 0 Å². The third-order valence-electron chi connectivity index (χ3n) is 3.05. The summed E-state index contributed by atoms with van der Waals surface area (Å²) in [6.07, 6.45) is 2.33. The summed E-state index contributed by atoms with van der Waals surface area (Å²) in [5, 5.41) is 14.7. The summed E-state index contributed by atoms with van der Waals surface area (Å²) in [5.74, 6) is -0.211. The van der Waals surface area contributed by atoms with E-state index in [9.17, 15) is 14.9 Å². The normalized spacial score (nSPS) is 10.7. The van der Waals surface area contributed by atoms with E-state index in [0.717, 1.165) is 5.56 Å². The molecule has 0 heterocycles. The van der Waals surface area contributed by atoms with E-state index in [1.807, 2.05) is 30.3 Å². The Bertz CT molecular complexity index is 733. The van der Waals surface area contributed by atoms with Crippen LogP contribution in [0.1, 0.15) is 17.5 Å². The lowest BCUT2D eigenvalue weighted by Gasteiger charge is -2.01. The second-order valence-corrected chi connectivity index (χ2v) is 5.60. The van der Waals surface area contributed by atoms with E-state index in [2.05, 4.69) is 26.5 Å². The highest BCUT2D eigenvalue weighted by Crippen LogP contribution is 2.24. The summed E-state index contributed by atoms with van der Waals surface area (Å²) in [6.45, 7) is 0. The minimum atomic E-state index is -0.486. The number of carbonyl (C=O) groups is 1. The maximum absolute atomic E-state index is 11.7. The van der Waals surface area contributed by atoms with E-state index in [0.29, 0.717) is 22.9 Å². The van der Waals surface area contributed by atoms with Crippen LogP contribution in [0.4, 0.5) is 5.69 Å². The molecule has 1 N–H and O–H groups in total. The van der Waals surface area contributed by atoms with Crippen molar-refractivity contribution in [2.45, 2.75) is 12.8 Å². The van der Waals surface area contributed by atoms with Gasteiger partial charge in [-0.05, 0) is 34.0 Å². The Kier molecular flexibility index (Phi) is 5.99. The van der Waals surface area contributed by atoms with Gasteiger partial charge in [0, 0.05) is 18.1 Å². The van der Waals surface area contributed by atoms with Crippen molar-refractivity contribution < 1.29 is 9.72 Å². The number of benzene rings is 2. The fourth-order valence-electron chi connectivity index (χ4n) is 1.89. The number of aryl methyl sites for hydroxylation is 1. The van der Waals surface area contributed by atoms with Gasteiger partial charge in [-0.1, -0.05) is 36.4 Å². The summed E-state index contributed by atoms with van der Waals surface area (Å²) in [5.41, 5.74) is 3.97. The third-order valence-corrected chi connectivity index (χ3v) is 3.72. The van der Waals surface area contributed by atoms with Crippen LogP contribution in [0.3, 0.4) is 0 Å². The molecule has 0 aliphatic heterocycles. The molecular weight excluding hydrogens is 362 g/mol. The number of nitrogens with one attached hydrogen (secondary N) is 1. The summed E-state index contributed by atoms with van der Waals surface area (Å²) >= 11 is 3.11. The van der Waals surface area contributed by atoms with Crippen LogP contribution < -0.4 is 5.43 Å². The standard InChI is InChI=1S/C16H14BrN3O3/c17-14-8-6-13(10-15(14)20(22)23)11-18-19-16(21)9-7-12-4-2-1-3-5-12/h1-6,8,10-11H,7,9H2,(H,19,21)/b18-11+. The zero-order valence-electron chi connectivity index (χ0n) is 12.1. The highest BCUT2D eigenvalue weighted by Gasteiger charge is 2.11. The third kappa shape index (κ3) is 5.30. The average molecular weight is 376 g/mol. The van der Waals surface area contributed by atoms with E-state index in [1.165, 1.54) is 12.3 Å². The summed E-state index contributed by atoms with van der Waals surface area (Å²) < 4.78 is 0.395. The molecule has 0 aliphatic carbocycles. The Morgan fingerprint density at radius 2 is 2.00 bits per heavy atom. The van der Waals surface area contributed by atoms with Crippen LogP contribution in [0.5, 0.6) is 0 Å². The van der Waals surface area contributed by atoms with Gasteiger partial charge in [0.05, 0.1) is 15.6 Å². The molecule has 7 heteroatoms. The summed E-state index contributed by atoms with van der Waals surface area (Å²) in [4.78, 5) is 22.0. The molecule has 6 nitrogen and oxygen atoms in total. The van der Waals surface area contributed by atoms with E-state index >= 15 is 0 Å². The van der Waals surface area contributed by atoms with Crippen molar-refractivity contribution >= 4 is 33.7 Å². The van der Waals surface area contributed by atoms with E-state index in [-0.39, 0.29) is 11.6 Å². The molecule has 0 saturated carbocycles. The number of hydrogen-bond donors (Lipinski definition) is 1. The zero-order valence-corrected chi connectivity index (χ0v) is 13.7. The first-order chi connectivity index (χ1) is 11.1. The van der Waals surface area contributed by atoms with Crippen LogP contribution >= 0.6 is 15.9 Å². The Hall–Kier alpha value is -2.54. The van der Waals surface area contributed by atoms with Crippen LogP contribution in [0, 0.1) is 10.1 Å². The Balaban J connectivity index is 1.87. The van der Waals surface area contributed by atoms with Gasteiger partial charge < -0.3 is 0 Å². The molecule has 0 saturated heterocycles. The number of nitro groups is 1. The van der Waals surface area contributed by atoms with Crippen molar-refractivity contribution in [1.29, 1.82) is 0 Å². The van der Waals surface area contributed by atoms with Gasteiger partial charge in [-0.2, -0.15) is 5.10 Å². The van der Waals surface area contributed by atoms with Gasteiger partial charge in [-0.3, -0.25) is 14.9 Å². The summed E-state index contributed by atoms with van der Waals surface area (Å²) in [7, 11) is 0. The second-order valence-electron chi connectivity index (χ2n) is 4.75. The molecule has 1 amide bonds. The number of amides is 1. The fourth-order valence-corrected chi connectivity index (χ4v) is 2.28. The molecule has 0 spiro atoms. The van der Waals surface area contributed by atoms with Crippen molar-refractivity contribution in [3.8, 4) is 0 Å². The molecule has 0 aliphatic rings. The smallest absolute Gasteiger partial charge is 0.273 e. The molecule has 0 unspecified atom stereocenters. The Labute approximate surface area is 141 Å². The first-order valence-corrected chi connectivity index (χ1v) is 7.65. The van der Waals surface area contributed by atoms with Crippen molar-refractivity contribution in [1.82, 2.24) is 5.43 Å².